The number of aromatic hydroxyl groups is 1. The molecule has 0 aliphatic heterocycles. The SMILES string of the molecule is COc1cc([C@@H](O)CNC(C)C)ccc1O. The summed E-state index contributed by atoms with van der Waals surface area (Å²) in [6.07, 6.45) is -0.600. The van der Waals surface area contributed by atoms with Crippen LogP contribution in [0.2, 0.25) is 0 Å². The maximum Gasteiger partial charge on any atom is 0.160 e. The number of ether oxygens (including phenoxy) is 1. The van der Waals surface area contributed by atoms with Gasteiger partial charge in [-0.3, -0.25) is 0 Å². The average Bonchev–Trinajstić information content (AvgIpc) is 2.26. The minimum absolute atomic E-state index is 0.0790. The molecule has 3 N–H and O–H groups in total. The molecule has 0 saturated heterocycles. The van der Waals surface area contributed by atoms with Crippen LogP contribution in [-0.4, -0.2) is 29.9 Å². The lowest BCUT2D eigenvalue weighted by Gasteiger charge is -2.15. The zero-order valence-corrected chi connectivity index (χ0v) is 9.90. The second-order valence-electron chi connectivity index (χ2n) is 4.01. The molecule has 1 rings (SSSR count). The number of nitrogens with one attached hydrogen (secondary N) is 1. The summed E-state index contributed by atoms with van der Waals surface area (Å²) >= 11 is 0. The average molecular weight is 225 g/mol. The predicted octanol–water partition coefficient (Wildman–Crippen LogP) is 1.43. The highest BCUT2D eigenvalue weighted by Gasteiger charge is 2.10. The van der Waals surface area contributed by atoms with E-state index in [9.17, 15) is 10.2 Å². The van der Waals surface area contributed by atoms with E-state index in [2.05, 4.69) is 5.32 Å². The molecule has 0 aliphatic carbocycles. The molecule has 1 aromatic carbocycles. The Hall–Kier alpha value is -1.26. The van der Waals surface area contributed by atoms with E-state index >= 15 is 0 Å². The van der Waals surface area contributed by atoms with Gasteiger partial charge in [0.1, 0.15) is 0 Å². The first-order valence-electron chi connectivity index (χ1n) is 5.33. The van der Waals surface area contributed by atoms with E-state index in [-0.39, 0.29) is 5.75 Å². The van der Waals surface area contributed by atoms with Crippen LogP contribution in [0.25, 0.3) is 0 Å². The molecule has 0 unspecified atom stereocenters. The Morgan fingerprint density at radius 2 is 2.06 bits per heavy atom. The highest BCUT2D eigenvalue weighted by atomic mass is 16.5. The van der Waals surface area contributed by atoms with Gasteiger partial charge in [-0.2, -0.15) is 0 Å². The Morgan fingerprint density at radius 1 is 1.38 bits per heavy atom. The third kappa shape index (κ3) is 3.40. The number of methoxy groups -OCH3 is 1. The summed E-state index contributed by atoms with van der Waals surface area (Å²) in [6, 6.07) is 5.17. The molecule has 0 amide bonds. The zero-order chi connectivity index (χ0) is 12.1. The molecule has 0 fully saturated rings. The molecule has 0 radical (unpaired) electrons. The van der Waals surface area contributed by atoms with Crippen LogP contribution in [0.3, 0.4) is 0 Å². The van der Waals surface area contributed by atoms with Crippen LogP contribution in [0.5, 0.6) is 11.5 Å². The molecule has 90 valence electrons. The van der Waals surface area contributed by atoms with E-state index in [0.29, 0.717) is 18.3 Å². The molecule has 0 bridgehead atoms. The fourth-order valence-corrected chi connectivity index (χ4v) is 1.37. The van der Waals surface area contributed by atoms with Crippen LogP contribution in [0.4, 0.5) is 0 Å². The van der Waals surface area contributed by atoms with Crippen molar-refractivity contribution in [3.63, 3.8) is 0 Å². The largest absolute Gasteiger partial charge is 0.504 e. The monoisotopic (exact) mass is 225 g/mol. The molecular weight excluding hydrogens is 206 g/mol. The predicted molar refractivity (Wildman–Crippen MR) is 62.8 cm³/mol. The van der Waals surface area contributed by atoms with Crippen molar-refractivity contribution >= 4 is 0 Å². The second kappa shape index (κ2) is 5.72. The van der Waals surface area contributed by atoms with Gasteiger partial charge in [0, 0.05) is 12.6 Å². The molecule has 0 heterocycles. The van der Waals surface area contributed by atoms with Crippen molar-refractivity contribution in [3.8, 4) is 11.5 Å². The van der Waals surface area contributed by atoms with Crippen molar-refractivity contribution in [2.45, 2.75) is 26.0 Å². The van der Waals surface area contributed by atoms with Gasteiger partial charge in [-0.25, -0.2) is 0 Å². The summed E-state index contributed by atoms with van der Waals surface area (Å²) in [5.41, 5.74) is 0.725. The van der Waals surface area contributed by atoms with Gasteiger partial charge in [-0.05, 0) is 17.7 Å². The molecule has 16 heavy (non-hydrogen) atoms. The second-order valence-corrected chi connectivity index (χ2v) is 4.01. The van der Waals surface area contributed by atoms with Gasteiger partial charge >= 0.3 is 0 Å². The number of hydrogen-bond acceptors (Lipinski definition) is 4. The maximum atomic E-state index is 9.88. The highest BCUT2D eigenvalue weighted by Crippen LogP contribution is 2.28. The van der Waals surface area contributed by atoms with Gasteiger partial charge in [0.05, 0.1) is 13.2 Å². The van der Waals surface area contributed by atoms with Crippen LogP contribution in [0, 0.1) is 0 Å². The first kappa shape index (κ1) is 12.8. The number of phenolic OH excluding ortho intramolecular Hbond substituents is 1. The van der Waals surface area contributed by atoms with E-state index < -0.39 is 6.10 Å². The molecule has 0 spiro atoms. The van der Waals surface area contributed by atoms with E-state index in [1.165, 1.54) is 13.2 Å². The standard InChI is InChI=1S/C12H19NO3/c1-8(2)13-7-11(15)9-4-5-10(14)12(6-9)16-3/h4-6,8,11,13-15H,7H2,1-3H3/t11-/m0/s1. The Labute approximate surface area is 95.9 Å². The van der Waals surface area contributed by atoms with Crippen molar-refractivity contribution in [2.24, 2.45) is 0 Å². The molecule has 4 heteroatoms. The van der Waals surface area contributed by atoms with Crippen LogP contribution < -0.4 is 10.1 Å². The van der Waals surface area contributed by atoms with Crippen LogP contribution >= 0.6 is 0 Å². The Kier molecular flexibility index (Phi) is 4.58. The normalized spacial score (nSPS) is 12.8. The van der Waals surface area contributed by atoms with Crippen molar-refractivity contribution < 1.29 is 14.9 Å². The van der Waals surface area contributed by atoms with Crippen LogP contribution in [0.1, 0.15) is 25.5 Å². The summed E-state index contributed by atoms with van der Waals surface area (Å²) in [7, 11) is 1.48. The first-order valence-corrected chi connectivity index (χ1v) is 5.33. The van der Waals surface area contributed by atoms with Gasteiger partial charge in [-0.1, -0.05) is 19.9 Å². The molecular formula is C12H19NO3. The quantitative estimate of drug-likeness (QED) is 0.709. The molecule has 0 aromatic heterocycles. The number of hydrogen-bond donors (Lipinski definition) is 3. The topological polar surface area (TPSA) is 61.7 Å². The molecule has 1 aromatic rings. The lowest BCUT2D eigenvalue weighted by Crippen LogP contribution is -2.27. The fraction of sp³-hybridized carbons (Fsp3) is 0.500. The highest BCUT2D eigenvalue weighted by molar-refractivity contribution is 5.42. The number of aliphatic hydroxyl groups is 1. The lowest BCUT2D eigenvalue weighted by atomic mass is 10.1. The van der Waals surface area contributed by atoms with E-state index in [1.807, 2.05) is 13.8 Å². The Bertz CT molecular complexity index is 339. The fourth-order valence-electron chi connectivity index (χ4n) is 1.37. The van der Waals surface area contributed by atoms with Gasteiger partial charge in [0.25, 0.3) is 0 Å². The number of aliphatic hydroxyl groups excluding tert-OH is 1. The summed E-state index contributed by atoms with van der Waals surface area (Å²) < 4.78 is 4.98. The molecule has 4 nitrogen and oxygen atoms in total. The Morgan fingerprint density at radius 3 is 2.62 bits per heavy atom. The number of rotatable bonds is 5. The summed E-state index contributed by atoms with van der Waals surface area (Å²) in [5.74, 6) is 0.455. The number of phenols is 1. The van der Waals surface area contributed by atoms with Crippen molar-refractivity contribution in [2.75, 3.05) is 13.7 Å². The molecule has 0 saturated carbocycles. The minimum atomic E-state index is -0.600. The van der Waals surface area contributed by atoms with E-state index in [0.717, 1.165) is 5.56 Å². The third-order valence-electron chi connectivity index (χ3n) is 2.31. The molecule has 1 atom stereocenters. The first-order chi connectivity index (χ1) is 7.54. The van der Waals surface area contributed by atoms with Crippen LogP contribution in [-0.2, 0) is 0 Å². The Balaban J connectivity index is 2.72. The molecule has 0 aliphatic rings. The van der Waals surface area contributed by atoms with Crippen molar-refractivity contribution in [1.82, 2.24) is 5.32 Å². The van der Waals surface area contributed by atoms with E-state index in [1.54, 1.807) is 12.1 Å². The maximum absolute atomic E-state index is 9.88. The van der Waals surface area contributed by atoms with Crippen molar-refractivity contribution in [1.29, 1.82) is 0 Å². The van der Waals surface area contributed by atoms with Crippen LogP contribution in [0.15, 0.2) is 18.2 Å². The summed E-state index contributed by atoms with van der Waals surface area (Å²) in [6.45, 7) is 4.51. The van der Waals surface area contributed by atoms with Crippen molar-refractivity contribution in [3.05, 3.63) is 23.8 Å². The minimum Gasteiger partial charge on any atom is -0.504 e. The summed E-state index contributed by atoms with van der Waals surface area (Å²) in [5, 5.41) is 22.4. The van der Waals surface area contributed by atoms with Gasteiger partial charge in [0.15, 0.2) is 11.5 Å². The van der Waals surface area contributed by atoms with Gasteiger partial charge in [0.2, 0.25) is 0 Å². The summed E-state index contributed by atoms with van der Waals surface area (Å²) in [4.78, 5) is 0. The number of benzene rings is 1. The van der Waals surface area contributed by atoms with E-state index in [4.69, 9.17) is 4.74 Å². The van der Waals surface area contributed by atoms with Gasteiger partial charge in [-0.15, -0.1) is 0 Å². The van der Waals surface area contributed by atoms with Gasteiger partial charge < -0.3 is 20.3 Å². The zero-order valence-electron chi connectivity index (χ0n) is 9.90. The third-order valence-corrected chi connectivity index (χ3v) is 2.31. The smallest absolute Gasteiger partial charge is 0.160 e. The lowest BCUT2D eigenvalue weighted by molar-refractivity contribution is 0.171.